The third kappa shape index (κ3) is 4.41. The Labute approximate surface area is 133 Å². The number of aromatic nitrogens is 1. The molecule has 1 atom stereocenters. The van der Waals surface area contributed by atoms with Gasteiger partial charge in [0.1, 0.15) is 5.69 Å². The molecule has 0 unspecified atom stereocenters. The van der Waals surface area contributed by atoms with Crippen LogP contribution in [-0.4, -0.2) is 54.7 Å². The lowest BCUT2D eigenvalue weighted by molar-refractivity contribution is -0.125. The van der Waals surface area contributed by atoms with Gasteiger partial charge in [-0.1, -0.05) is 0 Å². The topological polar surface area (TPSA) is 122 Å². The summed E-state index contributed by atoms with van der Waals surface area (Å²) >= 11 is 0. The first-order valence-corrected chi connectivity index (χ1v) is 8.80. The molecular formula is C14H18N2O6S. The van der Waals surface area contributed by atoms with Crippen LogP contribution in [0.5, 0.6) is 0 Å². The summed E-state index contributed by atoms with van der Waals surface area (Å²) in [4.78, 5) is 37.3. The van der Waals surface area contributed by atoms with E-state index in [1.165, 1.54) is 19.2 Å². The van der Waals surface area contributed by atoms with Gasteiger partial charge in [0.15, 0.2) is 22.2 Å². The van der Waals surface area contributed by atoms with Crippen molar-refractivity contribution >= 4 is 27.5 Å². The van der Waals surface area contributed by atoms with Crippen molar-refractivity contribution in [2.75, 3.05) is 18.1 Å². The van der Waals surface area contributed by atoms with Crippen molar-refractivity contribution in [3.63, 3.8) is 0 Å². The number of esters is 1. The highest BCUT2D eigenvalue weighted by molar-refractivity contribution is 7.91. The number of carbonyl (C=O) groups is 3. The molecule has 1 aliphatic rings. The van der Waals surface area contributed by atoms with Crippen LogP contribution in [0.2, 0.25) is 0 Å². The van der Waals surface area contributed by atoms with Gasteiger partial charge >= 0.3 is 5.97 Å². The van der Waals surface area contributed by atoms with Gasteiger partial charge in [-0.2, -0.15) is 0 Å². The van der Waals surface area contributed by atoms with Crippen LogP contribution in [0.1, 0.15) is 41.1 Å². The predicted molar refractivity (Wildman–Crippen MR) is 80.9 cm³/mol. The Morgan fingerprint density at radius 1 is 1.39 bits per heavy atom. The molecule has 1 aromatic heterocycles. The molecule has 23 heavy (non-hydrogen) atoms. The van der Waals surface area contributed by atoms with Gasteiger partial charge in [0.2, 0.25) is 0 Å². The maximum atomic E-state index is 11.8. The van der Waals surface area contributed by atoms with Crippen molar-refractivity contribution in [2.24, 2.45) is 0 Å². The van der Waals surface area contributed by atoms with E-state index < -0.39 is 33.9 Å². The quantitative estimate of drug-likeness (QED) is 0.576. The van der Waals surface area contributed by atoms with Crippen molar-refractivity contribution in [3.05, 3.63) is 23.5 Å². The van der Waals surface area contributed by atoms with Crippen LogP contribution in [0.4, 0.5) is 0 Å². The second kappa shape index (κ2) is 6.15. The molecule has 1 aromatic rings. The van der Waals surface area contributed by atoms with Crippen molar-refractivity contribution in [1.82, 2.24) is 10.3 Å². The van der Waals surface area contributed by atoms with Crippen LogP contribution in [0.15, 0.2) is 12.3 Å². The molecule has 0 aromatic carbocycles. The van der Waals surface area contributed by atoms with Crippen LogP contribution in [0.3, 0.4) is 0 Å². The lowest BCUT2D eigenvalue weighted by atomic mass is 10.0. The van der Waals surface area contributed by atoms with Gasteiger partial charge < -0.3 is 15.0 Å². The van der Waals surface area contributed by atoms with E-state index in [-0.39, 0.29) is 23.0 Å². The van der Waals surface area contributed by atoms with Crippen LogP contribution in [-0.2, 0) is 19.4 Å². The lowest BCUT2D eigenvalue weighted by Gasteiger charge is -2.23. The second-order valence-corrected chi connectivity index (χ2v) is 8.07. The summed E-state index contributed by atoms with van der Waals surface area (Å²) < 4.78 is 27.8. The van der Waals surface area contributed by atoms with E-state index in [9.17, 15) is 22.8 Å². The normalized spacial score (nSPS) is 22.5. The number of nitrogens with one attached hydrogen (secondary N) is 2. The third-order valence-electron chi connectivity index (χ3n) is 3.59. The van der Waals surface area contributed by atoms with Gasteiger partial charge in [-0.3, -0.25) is 9.59 Å². The number of sulfone groups is 1. The average molecular weight is 342 g/mol. The van der Waals surface area contributed by atoms with Crippen LogP contribution in [0, 0.1) is 0 Å². The minimum absolute atomic E-state index is 0.0276. The number of ketones is 1. The summed E-state index contributed by atoms with van der Waals surface area (Å²) in [7, 11) is -3.14. The Morgan fingerprint density at radius 2 is 2.09 bits per heavy atom. The smallest absolute Gasteiger partial charge is 0.355 e. The highest BCUT2D eigenvalue weighted by atomic mass is 32.2. The van der Waals surface area contributed by atoms with Crippen LogP contribution < -0.4 is 5.32 Å². The van der Waals surface area contributed by atoms with Crippen molar-refractivity contribution < 1.29 is 27.5 Å². The van der Waals surface area contributed by atoms with Crippen molar-refractivity contribution in [2.45, 2.75) is 25.8 Å². The number of H-pyrrole nitrogens is 1. The predicted octanol–water partition coefficient (Wildman–Crippen LogP) is 0.0675. The fraction of sp³-hybridized carbons (Fsp3) is 0.500. The molecule has 0 saturated carbocycles. The maximum absolute atomic E-state index is 11.8. The Balaban J connectivity index is 1.86. The van der Waals surface area contributed by atoms with E-state index in [4.69, 9.17) is 4.74 Å². The molecule has 2 N–H and O–H groups in total. The lowest BCUT2D eigenvalue weighted by Crippen LogP contribution is -2.48. The van der Waals surface area contributed by atoms with Gasteiger partial charge in [0.25, 0.3) is 5.91 Å². The molecule has 8 nitrogen and oxygen atoms in total. The van der Waals surface area contributed by atoms with Crippen molar-refractivity contribution in [3.8, 4) is 0 Å². The second-order valence-electron chi connectivity index (χ2n) is 5.89. The standard InChI is InChI=1S/C14H18N2O6S/c1-9(17)10-5-11(15-6-10)13(19)22-7-12(18)16-14(2)3-4-23(20,21)8-14/h5-6,15H,3-4,7-8H2,1-2H3,(H,16,18)/t14-/m1/s1. The highest BCUT2D eigenvalue weighted by Crippen LogP contribution is 2.22. The maximum Gasteiger partial charge on any atom is 0.355 e. The summed E-state index contributed by atoms with van der Waals surface area (Å²) in [6, 6.07) is 1.34. The first-order valence-electron chi connectivity index (χ1n) is 6.98. The van der Waals surface area contributed by atoms with E-state index in [0.717, 1.165) is 0 Å². The largest absolute Gasteiger partial charge is 0.451 e. The van der Waals surface area contributed by atoms with Gasteiger partial charge in [0.05, 0.1) is 17.0 Å². The molecule has 1 amide bonds. The number of hydrogen-bond acceptors (Lipinski definition) is 6. The van der Waals surface area contributed by atoms with E-state index >= 15 is 0 Å². The minimum atomic E-state index is -3.14. The van der Waals surface area contributed by atoms with E-state index in [2.05, 4.69) is 10.3 Å². The number of ether oxygens (including phenoxy) is 1. The fourth-order valence-electron chi connectivity index (χ4n) is 2.41. The zero-order valence-electron chi connectivity index (χ0n) is 12.8. The van der Waals surface area contributed by atoms with Crippen LogP contribution >= 0.6 is 0 Å². The zero-order valence-corrected chi connectivity index (χ0v) is 13.7. The molecule has 0 bridgehead atoms. The molecule has 2 heterocycles. The van der Waals surface area contributed by atoms with Gasteiger partial charge in [0, 0.05) is 11.8 Å². The third-order valence-corrected chi connectivity index (χ3v) is 5.49. The molecule has 0 radical (unpaired) electrons. The molecule has 0 aliphatic carbocycles. The number of rotatable bonds is 5. The molecule has 2 rings (SSSR count). The van der Waals surface area contributed by atoms with E-state index in [0.29, 0.717) is 12.0 Å². The molecule has 0 spiro atoms. The summed E-state index contributed by atoms with van der Waals surface area (Å²) in [6.07, 6.45) is 1.71. The zero-order chi connectivity index (χ0) is 17.3. The Bertz CT molecular complexity index is 751. The van der Waals surface area contributed by atoms with Gasteiger partial charge in [-0.25, -0.2) is 13.2 Å². The number of amides is 1. The molecule has 1 aliphatic heterocycles. The average Bonchev–Trinajstić information content (AvgIpc) is 3.01. The molecule has 126 valence electrons. The number of hydrogen-bond donors (Lipinski definition) is 2. The van der Waals surface area contributed by atoms with Crippen LogP contribution in [0.25, 0.3) is 0 Å². The van der Waals surface area contributed by atoms with Crippen molar-refractivity contribution in [1.29, 1.82) is 0 Å². The van der Waals surface area contributed by atoms with E-state index in [1.807, 2.05) is 0 Å². The highest BCUT2D eigenvalue weighted by Gasteiger charge is 2.39. The molecule has 9 heteroatoms. The first kappa shape index (κ1) is 17.2. The number of Topliss-reactive ketones (excluding diaryl/α,β-unsaturated/α-hetero) is 1. The summed E-state index contributed by atoms with van der Waals surface area (Å²) in [6.45, 7) is 2.48. The molecule has 1 fully saturated rings. The van der Waals surface area contributed by atoms with Gasteiger partial charge in [-0.05, 0) is 26.3 Å². The summed E-state index contributed by atoms with van der Waals surface area (Å²) in [5.74, 6) is -1.64. The van der Waals surface area contributed by atoms with E-state index in [1.54, 1.807) is 6.92 Å². The Kier molecular flexibility index (Phi) is 4.60. The monoisotopic (exact) mass is 342 g/mol. The number of aromatic amines is 1. The molecule has 1 saturated heterocycles. The minimum Gasteiger partial charge on any atom is -0.451 e. The summed E-state index contributed by atoms with van der Waals surface area (Å²) in [5.41, 5.74) is -0.431. The first-order chi connectivity index (χ1) is 10.6. The SMILES string of the molecule is CC(=O)c1c[nH]c(C(=O)OCC(=O)N[C@]2(C)CCS(=O)(=O)C2)c1. The molecular weight excluding hydrogens is 324 g/mol. The van der Waals surface area contributed by atoms with Gasteiger partial charge in [-0.15, -0.1) is 0 Å². The Morgan fingerprint density at radius 3 is 2.61 bits per heavy atom. The number of carbonyl (C=O) groups excluding carboxylic acids is 3. The summed E-state index contributed by atoms with van der Waals surface area (Å²) in [5, 5.41) is 2.58. The fourth-order valence-corrected chi connectivity index (χ4v) is 4.50. The Hall–Kier alpha value is -2.16.